The number of halogens is 1. The van der Waals surface area contributed by atoms with E-state index in [1.165, 1.54) is 10.9 Å². The van der Waals surface area contributed by atoms with E-state index in [1.807, 2.05) is 37.3 Å². The Hall–Kier alpha value is -2.15. The van der Waals surface area contributed by atoms with Gasteiger partial charge in [0.2, 0.25) is 5.91 Å². The number of hydrogen-bond acceptors (Lipinski definition) is 4. The van der Waals surface area contributed by atoms with Gasteiger partial charge in [0.15, 0.2) is 5.82 Å². The van der Waals surface area contributed by atoms with Gasteiger partial charge in [-0.1, -0.05) is 41.1 Å². The summed E-state index contributed by atoms with van der Waals surface area (Å²) >= 11 is 3.30. The second kappa shape index (κ2) is 7.92. The van der Waals surface area contributed by atoms with Crippen molar-refractivity contribution in [1.82, 2.24) is 9.78 Å². The highest BCUT2D eigenvalue weighted by molar-refractivity contribution is 9.10. The smallest absolute Gasteiger partial charge is 0.343 e. The molecule has 0 radical (unpaired) electrons. The van der Waals surface area contributed by atoms with Crippen LogP contribution < -0.4 is 5.32 Å². The number of nitrogens with one attached hydrogen (secondary N) is 1. The highest BCUT2D eigenvalue weighted by atomic mass is 79.9. The van der Waals surface area contributed by atoms with Gasteiger partial charge >= 0.3 is 5.97 Å². The van der Waals surface area contributed by atoms with Crippen LogP contribution in [0.2, 0.25) is 0 Å². The molecule has 0 aliphatic rings. The third-order valence-corrected chi connectivity index (χ3v) is 4.21. The van der Waals surface area contributed by atoms with Gasteiger partial charge in [-0.3, -0.25) is 4.79 Å². The number of carbonyl (C=O) groups is 2. The van der Waals surface area contributed by atoms with E-state index in [1.54, 1.807) is 6.92 Å². The summed E-state index contributed by atoms with van der Waals surface area (Å²) in [6, 6.07) is 9.26. The summed E-state index contributed by atoms with van der Waals surface area (Å²) in [5, 5.41) is 6.98. The van der Waals surface area contributed by atoms with Crippen molar-refractivity contribution in [2.24, 2.45) is 0 Å². The van der Waals surface area contributed by atoms with E-state index >= 15 is 0 Å². The summed E-state index contributed by atoms with van der Waals surface area (Å²) in [6.07, 6.45) is 2.02. The van der Waals surface area contributed by atoms with Crippen molar-refractivity contribution in [1.29, 1.82) is 0 Å². The van der Waals surface area contributed by atoms with Crippen molar-refractivity contribution < 1.29 is 14.3 Å². The van der Waals surface area contributed by atoms with Gasteiger partial charge < -0.3 is 10.1 Å². The summed E-state index contributed by atoms with van der Waals surface area (Å²) in [4.78, 5) is 23.9. The fourth-order valence-corrected chi connectivity index (χ4v) is 2.09. The van der Waals surface area contributed by atoms with E-state index < -0.39 is 5.97 Å². The van der Waals surface area contributed by atoms with Crippen LogP contribution in [-0.4, -0.2) is 33.1 Å². The lowest BCUT2D eigenvalue weighted by molar-refractivity contribution is -0.115. The zero-order valence-corrected chi connectivity index (χ0v) is 14.5. The third kappa shape index (κ3) is 3.98. The van der Waals surface area contributed by atoms with Gasteiger partial charge in [0, 0.05) is 0 Å². The lowest BCUT2D eigenvalue weighted by atomic mass is 10.2. The first-order valence-corrected chi connectivity index (χ1v) is 8.25. The SMILES string of the molecule is CCOC(=O)c1cnn(-c2ccccc2)c1NC(=O)C(Br)CC. The van der Waals surface area contributed by atoms with Crippen molar-refractivity contribution in [3.05, 3.63) is 42.1 Å². The zero-order chi connectivity index (χ0) is 16.8. The summed E-state index contributed by atoms with van der Waals surface area (Å²) in [5.41, 5.74) is 0.959. The number of esters is 1. The predicted molar refractivity (Wildman–Crippen MR) is 91.2 cm³/mol. The van der Waals surface area contributed by atoms with Gasteiger partial charge in [0.1, 0.15) is 5.56 Å². The van der Waals surface area contributed by atoms with Crippen LogP contribution in [0, 0.1) is 0 Å². The van der Waals surface area contributed by atoms with E-state index in [-0.39, 0.29) is 22.9 Å². The summed E-state index contributed by atoms with van der Waals surface area (Å²) in [6.45, 7) is 3.86. The molecule has 1 amide bonds. The molecular weight excluding hydrogens is 362 g/mol. The monoisotopic (exact) mass is 379 g/mol. The van der Waals surface area contributed by atoms with Crippen LogP contribution in [-0.2, 0) is 9.53 Å². The maximum absolute atomic E-state index is 12.2. The van der Waals surface area contributed by atoms with Crippen molar-refractivity contribution >= 4 is 33.6 Å². The summed E-state index contributed by atoms with van der Waals surface area (Å²) < 4.78 is 6.54. The molecule has 6 nitrogen and oxygen atoms in total. The van der Waals surface area contributed by atoms with E-state index in [4.69, 9.17) is 4.74 Å². The molecule has 0 aliphatic carbocycles. The molecule has 1 aromatic carbocycles. The molecule has 0 bridgehead atoms. The number of benzene rings is 1. The second-order valence-corrected chi connectivity index (χ2v) is 5.85. The predicted octanol–water partition coefficient (Wildman–Crippen LogP) is 3.16. The van der Waals surface area contributed by atoms with E-state index in [2.05, 4.69) is 26.3 Å². The molecule has 0 spiro atoms. The van der Waals surface area contributed by atoms with Gasteiger partial charge in [0.25, 0.3) is 0 Å². The number of hydrogen-bond donors (Lipinski definition) is 1. The molecule has 1 unspecified atom stereocenters. The van der Waals surface area contributed by atoms with Gasteiger partial charge in [-0.2, -0.15) is 5.10 Å². The van der Waals surface area contributed by atoms with Crippen molar-refractivity contribution in [3.63, 3.8) is 0 Å². The lowest BCUT2D eigenvalue weighted by Gasteiger charge is -2.13. The first-order chi connectivity index (χ1) is 11.1. The fourth-order valence-electron chi connectivity index (χ4n) is 1.97. The van der Waals surface area contributed by atoms with Crippen molar-refractivity contribution in [2.75, 3.05) is 11.9 Å². The lowest BCUT2D eigenvalue weighted by Crippen LogP contribution is -2.25. The van der Waals surface area contributed by atoms with Gasteiger partial charge in [-0.25, -0.2) is 9.48 Å². The summed E-state index contributed by atoms with van der Waals surface area (Å²) in [5.74, 6) is -0.458. The van der Waals surface area contributed by atoms with Gasteiger partial charge in [-0.05, 0) is 25.5 Å². The fraction of sp³-hybridized carbons (Fsp3) is 0.312. The standard InChI is InChI=1S/C16H18BrN3O3/c1-3-13(17)15(21)19-14-12(16(22)23-4-2)10-18-20(14)11-8-6-5-7-9-11/h5-10,13H,3-4H2,1-2H3,(H,19,21). The molecule has 122 valence electrons. The Morgan fingerprint density at radius 3 is 2.61 bits per heavy atom. The van der Waals surface area contributed by atoms with E-state index in [0.29, 0.717) is 12.2 Å². The molecule has 23 heavy (non-hydrogen) atoms. The maximum Gasteiger partial charge on any atom is 0.343 e. The number of aromatic nitrogens is 2. The molecule has 1 heterocycles. The molecule has 0 aliphatic heterocycles. The zero-order valence-electron chi connectivity index (χ0n) is 13.0. The number of anilines is 1. The van der Waals surface area contributed by atoms with Crippen molar-refractivity contribution in [2.45, 2.75) is 25.1 Å². The van der Waals surface area contributed by atoms with Crippen LogP contribution in [0.25, 0.3) is 5.69 Å². The third-order valence-electron chi connectivity index (χ3n) is 3.15. The molecule has 0 saturated carbocycles. The number of para-hydroxylation sites is 1. The molecule has 2 aromatic rings. The quantitative estimate of drug-likeness (QED) is 0.617. The average molecular weight is 380 g/mol. The average Bonchev–Trinajstić information content (AvgIpc) is 2.98. The Bertz CT molecular complexity index is 685. The number of carbonyl (C=O) groups excluding carboxylic acids is 2. The molecule has 1 aromatic heterocycles. The largest absolute Gasteiger partial charge is 0.462 e. The van der Waals surface area contributed by atoms with E-state index in [9.17, 15) is 9.59 Å². The second-order valence-electron chi connectivity index (χ2n) is 4.74. The number of ether oxygens (including phenoxy) is 1. The number of rotatable bonds is 6. The first-order valence-electron chi connectivity index (χ1n) is 7.34. The minimum atomic E-state index is -0.521. The minimum absolute atomic E-state index is 0.222. The highest BCUT2D eigenvalue weighted by Crippen LogP contribution is 2.22. The Morgan fingerprint density at radius 2 is 2.00 bits per heavy atom. The molecule has 2 rings (SSSR count). The Morgan fingerprint density at radius 1 is 1.30 bits per heavy atom. The molecular formula is C16H18BrN3O3. The molecule has 0 saturated heterocycles. The van der Waals surface area contributed by atoms with Gasteiger partial charge in [0.05, 0.1) is 23.3 Å². The first kappa shape index (κ1) is 17.2. The van der Waals surface area contributed by atoms with E-state index in [0.717, 1.165) is 5.69 Å². The van der Waals surface area contributed by atoms with Gasteiger partial charge in [-0.15, -0.1) is 0 Å². The highest BCUT2D eigenvalue weighted by Gasteiger charge is 2.23. The Balaban J connectivity index is 2.43. The van der Waals surface area contributed by atoms with Crippen LogP contribution in [0.4, 0.5) is 5.82 Å². The molecule has 1 atom stereocenters. The molecule has 0 fully saturated rings. The van der Waals surface area contributed by atoms with Crippen LogP contribution >= 0.6 is 15.9 Å². The Labute approximate surface area is 143 Å². The molecule has 7 heteroatoms. The van der Waals surface area contributed by atoms with Crippen LogP contribution in [0.1, 0.15) is 30.6 Å². The van der Waals surface area contributed by atoms with Crippen LogP contribution in [0.15, 0.2) is 36.5 Å². The molecule has 1 N–H and O–H groups in total. The Kier molecular flexibility index (Phi) is 5.92. The minimum Gasteiger partial charge on any atom is -0.462 e. The van der Waals surface area contributed by atoms with Crippen LogP contribution in [0.5, 0.6) is 0 Å². The van der Waals surface area contributed by atoms with Crippen molar-refractivity contribution in [3.8, 4) is 5.69 Å². The number of nitrogens with zero attached hydrogens (tertiary/aromatic N) is 2. The topological polar surface area (TPSA) is 73.2 Å². The van der Waals surface area contributed by atoms with Crippen LogP contribution in [0.3, 0.4) is 0 Å². The normalized spacial score (nSPS) is 11.8. The number of amides is 1. The maximum atomic E-state index is 12.2. The number of alkyl halides is 1. The summed E-state index contributed by atoms with van der Waals surface area (Å²) in [7, 11) is 0.